The highest BCUT2D eigenvalue weighted by atomic mass is 16.5. The lowest BCUT2D eigenvalue weighted by Crippen LogP contribution is -2.43. The van der Waals surface area contributed by atoms with Crippen molar-refractivity contribution in [3.8, 4) is 11.5 Å². The van der Waals surface area contributed by atoms with Crippen LogP contribution in [0.5, 0.6) is 11.5 Å². The number of ether oxygens (including phenoxy) is 2. The van der Waals surface area contributed by atoms with Crippen molar-refractivity contribution in [2.75, 3.05) is 13.1 Å². The zero-order valence-electron chi connectivity index (χ0n) is 15.0. The second-order valence-electron chi connectivity index (χ2n) is 5.73. The van der Waals surface area contributed by atoms with Gasteiger partial charge in [0.2, 0.25) is 0 Å². The molecule has 6 heteroatoms. The van der Waals surface area contributed by atoms with Crippen LogP contribution in [0.3, 0.4) is 0 Å². The van der Waals surface area contributed by atoms with Crippen molar-refractivity contribution in [2.45, 2.75) is 26.1 Å². The summed E-state index contributed by atoms with van der Waals surface area (Å²) in [4.78, 5) is 24.0. The van der Waals surface area contributed by atoms with Crippen LogP contribution >= 0.6 is 0 Å². The average Bonchev–Trinajstić information content (AvgIpc) is 2.66. The van der Waals surface area contributed by atoms with Gasteiger partial charge in [0, 0.05) is 13.1 Å². The summed E-state index contributed by atoms with van der Waals surface area (Å²) in [6.07, 6.45) is -1.23. The molecule has 2 N–H and O–H groups in total. The van der Waals surface area contributed by atoms with Crippen LogP contribution in [0.25, 0.3) is 0 Å². The Labute approximate surface area is 153 Å². The summed E-state index contributed by atoms with van der Waals surface area (Å²) in [5.41, 5.74) is 0. The van der Waals surface area contributed by atoms with E-state index in [1.54, 1.807) is 38.1 Å². The monoisotopic (exact) mass is 356 g/mol. The normalized spacial score (nSPS) is 12.5. The fourth-order valence-electron chi connectivity index (χ4n) is 2.17. The smallest absolute Gasteiger partial charge is 0.260 e. The van der Waals surface area contributed by atoms with Crippen LogP contribution in [0.1, 0.15) is 13.8 Å². The molecule has 2 aromatic carbocycles. The highest BCUT2D eigenvalue weighted by molar-refractivity contribution is 5.81. The predicted molar refractivity (Wildman–Crippen MR) is 99.1 cm³/mol. The van der Waals surface area contributed by atoms with E-state index in [1.807, 2.05) is 36.4 Å². The molecule has 2 rings (SSSR count). The summed E-state index contributed by atoms with van der Waals surface area (Å²) < 4.78 is 11.1. The molecule has 0 unspecified atom stereocenters. The summed E-state index contributed by atoms with van der Waals surface area (Å²) in [6.45, 7) is 3.98. The maximum Gasteiger partial charge on any atom is 0.260 e. The van der Waals surface area contributed by atoms with Gasteiger partial charge in [0.15, 0.2) is 12.2 Å². The van der Waals surface area contributed by atoms with Crippen molar-refractivity contribution in [1.82, 2.24) is 10.6 Å². The molecule has 0 bridgehead atoms. The Morgan fingerprint density at radius 2 is 1.08 bits per heavy atom. The number of benzene rings is 2. The molecule has 0 spiro atoms. The molecular weight excluding hydrogens is 332 g/mol. The van der Waals surface area contributed by atoms with E-state index in [4.69, 9.17) is 9.47 Å². The van der Waals surface area contributed by atoms with Gasteiger partial charge in [-0.3, -0.25) is 9.59 Å². The molecule has 0 saturated carbocycles. The number of carbonyl (C=O) groups excluding carboxylic acids is 2. The number of hydrogen-bond acceptors (Lipinski definition) is 4. The second kappa shape index (κ2) is 10.1. The number of carbonyl (C=O) groups is 2. The molecule has 0 radical (unpaired) electrons. The lowest BCUT2D eigenvalue weighted by molar-refractivity contribution is -0.129. The highest BCUT2D eigenvalue weighted by Gasteiger charge is 2.16. The summed E-state index contributed by atoms with van der Waals surface area (Å²) in [5, 5.41) is 5.45. The van der Waals surface area contributed by atoms with Gasteiger partial charge in [0.1, 0.15) is 11.5 Å². The lowest BCUT2D eigenvalue weighted by atomic mass is 10.3. The molecule has 0 heterocycles. The fourth-order valence-corrected chi connectivity index (χ4v) is 2.17. The van der Waals surface area contributed by atoms with Crippen molar-refractivity contribution < 1.29 is 19.1 Å². The number of nitrogens with one attached hydrogen (secondary N) is 2. The van der Waals surface area contributed by atoms with Crippen LogP contribution in [-0.2, 0) is 9.59 Å². The van der Waals surface area contributed by atoms with Gasteiger partial charge in [-0.1, -0.05) is 36.4 Å². The molecule has 0 fully saturated rings. The van der Waals surface area contributed by atoms with Gasteiger partial charge in [0.05, 0.1) is 0 Å². The third kappa shape index (κ3) is 6.47. The Bertz CT molecular complexity index is 630. The Balaban J connectivity index is 1.64. The van der Waals surface area contributed by atoms with Crippen molar-refractivity contribution in [2.24, 2.45) is 0 Å². The third-order valence-corrected chi connectivity index (χ3v) is 3.57. The highest BCUT2D eigenvalue weighted by Crippen LogP contribution is 2.11. The minimum atomic E-state index is -0.617. The van der Waals surface area contributed by atoms with Crippen LogP contribution in [0.2, 0.25) is 0 Å². The van der Waals surface area contributed by atoms with Gasteiger partial charge >= 0.3 is 0 Å². The van der Waals surface area contributed by atoms with Crippen LogP contribution < -0.4 is 20.1 Å². The molecular formula is C20H24N2O4. The zero-order valence-corrected chi connectivity index (χ0v) is 15.0. The summed E-state index contributed by atoms with van der Waals surface area (Å²) >= 11 is 0. The zero-order chi connectivity index (χ0) is 18.8. The Morgan fingerprint density at radius 1 is 0.731 bits per heavy atom. The van der Waals surface area contributed by atoms with Crippen molar-refractivity contribution in [1.29, 1.82) is 0 Å². The molecule has 0 aromatic heterocycles. The molecule has 0 aliphatic rings. The largest absolute Gasteiger partial charge is 0.481 e. The minimum absolute atomic E-state index is 0.239. The molecule has 0 aliphatic heterocycles. The van der Waals surface area contributed by atoms with Crippen molar-refractivity contribution >= 4 is 11.8 Å². The van der Waals surface area contributed by atoms with E-state index in [2.05, 4.69) is 10.6 Å². The van der Waals surface area contributed by atoms with Gasteiger partial charge in [0.25, 0.3) is 11.8 Å². The fraction of sp³-hybridized carbons (Fsp3) is 0.300. The maximum atomic E-state index is 12.0. The van der Waals surface area contributed by atoms with Gasteiger partial charge in [-0.05, 0) is 38.1 Å². The Hall–Kier alpha value is -3.02. The summed E-state index contributed by atoms with van der Waals surface area (Å²) in [7, 11) is 0. The molecule has 2 aromatic rings. The van der Waals surface area contributed by atoms with Crippen LogP contribution in [-0.4, -0.2) is 37.1 Å². The molecule has 2 amide bonds. The van der Waals surface area contributed by atoms with Gasteiger partial charge in [-0.2, -0.15) is 0 Å². The summed E-state index contributed by atoms with van der Waals surface area (Å²) in [5.74, 6) is 0.791. The van der Waals surface area contributed by atoms with Crippen LogP contribution in [0, 0.1) is 0 Å². The minimum Gasteiger partial charge on any atom is -0.481 e. The molecule has 0 saturated heterocycles. The second-order valence-corrected chi connectivity index (χ2v) is 5.73. The van der Waals surface area contributed by atoms with E-state index in [0.717, 1.165) is 0 Å². The first-order valence-corrected chi connectivity index (χ1v) is 8.55. The first-order valence-electron chi connectivity index (χ1n) is 8.55. The van der Waals surface area contributed by atoms with Gasteiger partial charge < -0.3 is 20.1 Å². The Kier molecular flexibility index (Phi) is 7.49. The first kappa shape index (κ1) is 19.3. The van der Waals surface area contributed by atoms with Crippen LogP contribution in [0.4, 0.5) is 0 Å². The molecule has 6 nitrogen and oxygen atoms in total. The summed E-state index contributed by atoms with van der Waals surface area (Å²) in [6, 6.07) is 18.3. The molecule has 0 aliphatic carbocycles. The third-order valence-electron chi connectivity index (χ3n) is 3.57. The quantitative estimate of drug-likeness (QED) is 0.675. The van der Waals surface area contributed by atoms with Gasteiger partial charge in [-0.25, -0.2) is 0 Å². The van der Waals surface area contributed by atoms with E-state index >= 15 is 0 Å². The van der Waals surface area contributed by atoms with E-state index in [-0.39, 0.29) is 11.8 Å². The number of para-hydroxylation sites is 2. The van der Waals surface area contributed by atoms with E-state index in [9.17, 15) is 9.59 Å². The van der Waals surface area contributed by atoms with Crippen molar-refractivity contribution in [3.63, 3.8) is 0 Å². The maximum absolute atomic E-state index is 12.0. The number of rotatable bonds is 9. The topological polar surface area (TPSA) is 76.7 Å². The van der Waals surface area contributed by atoms with Crippen molar-refractivity contribution in [3.05, 3.63) is 60.7 Å². The SMILES string of the molecule is C[C@H](Oc1ccccc1)C(=O)NCCNC(=O)[C@H](C)Oc1ccccc1. The van der Waals surface area contributed by atoms with E-state index in [0.29, 0.717) is 24.6 Å². The molecule has 26 heavy (non-hydrogen) atoms. The lowest BCUT2D eigenvalue weighted by Gasteiger charge is -2.16. The first-order chi connectivity index (χ1) is 12.6. The van der Waals surface area contributed by atoms with E-state index < -0.39 is 12.2 Å². The van der Waals surface area contributed by atoms with Crippen LogP contribution in [0.15, 0.2) is 60.7 Å². The molecule has 2 atom stereocenters. The standard InChI is InChI=1S/C20H24N2O4/c1-15(25-17-9-5-3-6-10-17)19(23)21-13-14-22-20(24)16(2)26-18-11-7-4-8-12-18/h3-12,15-16H,13-14H2,1-2H3,(H,21,23)(H,22,24)/t15-,16-/m0/s1. The Morgan fingerprint density at radius 3 is 1.42 bits per heavy atom. The van der Waals surface area contributed by atoms with E-state index in [1.165, 1.54) is 0 Å². The predicted octanol–water partition coefficient (Wildman–Crippen LogP) is 2.15. The number of hydrogen-bond donors (Lipinski definition) is 2. The average molecular weight is 356 g/mol. The molecule has 138 valence electrons. The number of amides is 2. The van der Waals surface area contributed by atoms with Gasteiger partial charge in [-0.15, -0.1) is 0 Å².